The Kier molecular flexibility index (Phi) is 6.08. The van der Waals surface area contributed by atoms with E-state index >= 15 is 0 Å². The maximum absolute atomic E-state index is 12.3. The Balaban J connectivity index is 1.85. The Bertz CT molecular complexity index is 941. The molecule has 0 bridgehead atoms. The number of ether oxygens (including phenoxy) is 2. The maximum Gasteiger partial charge on any atom is 0.264 e. The molecular weight excluding hydrogens is 384 g/mol. The second-order valence-corrected chi connectivity index (χ2v) is 7.15. The number of hydrogen-bond acceptors (Lipinski definition) is 5. The van der Waals surface area contributed by atoms with Gasteiger partial charge in [0.25, 0.3) is 5.91 Å². The highest BCUT2D eigenvalue weighted by molar-refractivity contribution is 8.18. The van der Waals surface area contributed by atoms with Gasteiger partial charge in [-0.25, -0.2) is 4.99 Å². The lowest BCUT2D eigenvalue weighted by atomic mass is 10.2. The summed E-state index contributed by atoms with van der Waals surface area (Å²) >= 11 is 7.42. The summed E-state index contributed by atoms with van der Waals surface area (Å²) in [6.07, 6.45) is 1.80. The van der Waals surface area contributed by atoms with E-state index < -0.39 is 0 Å². The minimum Gasteiger partial charge on any atom is -0.493 e. The number of nitrogens with zero attached hydrogens (tertiary/aromatic N) is 1. The van der Waals surface area contributed by atoms with Crippen molar-refractivity contribution in [1.29, 1.82) is 0 Å². The van der Waals surface area contributed by atoms with E-state index in [1.54, 1.807) is 13.2 Å². The van der Waals surface area contributed by atoms with Crippen molar-refractivity contribution in [2.45, 2.75) is 13.8 Å². The molecule has 1 N–H and O–H groups in total. The molecule has 1 saturated heterocycles. The Hall–Kier alpha value is -2.44. The molecule has 0 aliphatic carbocycles. The van der Waals surface area contributed by atoms with E-state index in [0.29, 0.717) is 33.2 Å². The molecule has 2 aromatic rings. The van der Waals surface area contributed by atoms with Gasteiger partial charge in [0.05, 0.1) is 24.3 Å². The third-order valence-electron chi connectivity index (χ3n) is 3.90. The van der Waals surface area contributed by atoms with Gasteiger partial charge in [-0.1, -0.05) is 23.7 Å². The van der Waals surface area contributed by atoms with Gasteiger partial charge < -0.3 is 14.8 Å². The van der Waals surface area contributed by atoms with Crippen molar-refractivity contribution in [3.05, 3.63) is 57.5 Å². The van der Waals surface area contributed by atoms with Gasteiger partial charge in [-0.05, 0) is 67.1 Å². The topological polar surface area (TPSA) is 59.9 Å². The van der Waals surface area contributed by atoms with Gasteiger partial charge in [-0.2, -0.15) is 0 Å². The van der Waals surface area contributed by atoms with E-state index in [4.69, 9.17) is 21.1 Å². The number of amidine groups is 1. The molecule has 0 unspecified atom stereocenters. The molecule has 7 heteroatoms. The van der Waals surface area contributed by atoms with Gasteiger partial charge in [-0.15, -0.1) is 0 Å². The van der Waals surface area contributed by atoms with Crippen LogP contribution in [0.4, 0.5) is 5.69 Å². The molecule has 1 fully saturated rings. The van der Waals surface area contributed by atoms with Gasteiger partial charge >= 0.3 is 0 Å². The largest absolute Gasteiger partial charge is 0.493 e. The van der Waals surface area contributed by atoms with Crippen molar-refractivity contribution in [3.63, 3.8) is 0 Å². The van der Waals surface area contributed by atoms with Gasteiger partial charge in [-0.3, -0.25) is 4.79 Å². The number of benzene rings is 2. The minimum absolute atomic E-state index is 0.189. The minimum atomic E-state index is -0.189. The maximum atomic E-state index is 12.3. The standard InChI is InChI=1S/C20H19ClN2O3S/c1-4-26-16-9-8-13(10-17(16)25-3)11-18-19(24)23-20(27-18)22-15-7-5-6-14(21)12(15)2/h5-11H,4H2,1-3H3,(H,22,23,24)/b18-11+. The van der Waals surface area contributed by atoms with E-state index in [-0.39, 0.29) is 5.91 Å². The van der Waals surface area contributed by atoms with Crippen LogP contribution in [-0.2, 0) is 4.79 Å². The Morgan fingerprint density at radius 1 is 1.26 bits per heavy atom. The first-order valence-electron chi connectivity index (χ1n) is 8.37. The van der Waals surface area contributed by atoms with Crippen LogP contribution >= 0.6 is 23.4 Å². The summed E-state index contributed by atoms with van der Waals surface area (Å²) < 4.78 is 10.9. The monoisotopic (exact) mass is 402 g/mol. The summed E-state index contributed by atoms with van der Waals surface area (Å²) in [7, 11) is 1.59. The van der Waals surface area contributed by atoms with Crippen LogP contribution < -0.4 is 14.8 Å². The molecule has 2 aromatic carbocycles. The van der Waals surface area contributed by atoms with Crippen LogP contribution in [0.25, 0.3) is 6.08 Å². The highest BCUT2D eigenvalue weighted by Crippen LogP contribution is 2.33. The highest BCUT2D eigenvalue weighted by atomic mass is 35.5. The van der Waals surface area contributed by atoms with Gasteiger partial charge in [0.15, 0.2) is 16.7 Å². The third kappa shape index (κ3) is 4.46. The molecule has 1 heterocycles. The van der Waals surface area contributed by atoms with Crippen LogP contribution in [-0.4, -0.2) is 24.8 Å². The zero-order valence-electron chi connectivity index (χ0n) is 15.2. The lowest BCUT2D eigenvalue weighted by Crippen LogP contribution is -2.19. The summed E-state index contributed by atoms with van der Waals surface area (Å²) in [6.45, 7) is 4.36. The summed E-state index contributed by atoms with van der Waals surface area (Å²) in [5, 5.41) is 3.95. The summed E-state index contributed by atoms with van der Waals surface area (Å²) in [4.78, 5) is 17.4. The average Bonchev–Trinajstić information content (AvgIpc) is 2.99. The fourth-order valence-electron chi connectivity index (χ4n) is 2.51. The average molecular weight is 403 g/mol. The van der Waals surface area contributed by atoms with Crippen molar-refractivity contribution in [2.75, 3.05) is 13.7 Å². The van der Waals surface area contributed by atoms with Gasteiger partial charge in [0, 0.05) is 5.02 Å². The van der Waals surface area contributed by atoms with E-state index in [0.717, 1.165) is 16.8 Å². The third-order valence-corrected chi connectivity index (χ3v) is 5.22. The van der Waals surface area contributed by atoms with Crippen LogP contribution in [0.3, 0.4) is 0 Å². The van der Waals surface area contributed by atoms with Crippen molar-refractivity contribution >= 4 is 46.2 Å². The fourth-order valence-corrected chi connectivity index (χ4v) is 3.51. The number of thioether (sulfide) groups is 1. The van der Waals surface area contributed by atoms with Crippen molar-refractivity contribution in [1.82, 2.24) is 5.32 Å². The lowest BCUT2D eigenvalue weighted by molar-refractivity contribution is -0.115. The fraction of sp³-hybridized carbons (Fsp3) is 0.200. The normalized spacial score (nSPS) is 16.7. The number of nitrogens with one attached hydrogen (secondary N) is 1. The smallest absolute Gasteiger partial charge is 0.264 e. The SMILES string of the molecule is CCOc1ccc(/C=C2/SC(=Nc3cccc(Cl)c3C)NC2=O)cc1OC. The molecule has 1 amide bonds. The number of amides is 1. The van der Waals surface area contributed by atoms with E-state index in [9.17, 15) is 4.79 Å². The molecule has 5 nitrogen and oxygen atoms in total. The summed E-state index contributed by atoms with van der Waals surface area (Å²) in [6, 6.07) is 11.0. The molecular formula is C20H19ClN2O3S. The van der Waals surface area contributed by atoms with Gasteiger partial charge in [0.2, 0.25) is 0 Å². The molecule has 0 aromatic heterocycles. The number of aliphatic imine (C=N–C) groups is 1. The Labute approximate surface area is 167 Å². The van der Waals surface area contributed by atoms with Crippen molar-refractivity contribution < 1.29 is 14.3 Å². The quantitative estimate of drug-likeness (QED) is 0.719. The molecule has 27 heavy (non-hydrogen) atoms. The first-order chi connectivity index (χ1) is 13.0. The molecule has 3 rings (SSSR count). The number of hydrogen-bond donors (Lipinski definition) is 1. The number of carbonyl (C=O) groups excluding carboxylic acids is 1. The lowest BCUT2D eigenvalue weighted by Gasteiger charge is -2.09. The van der Waals surface area contributed by atoms with Crippen LogP contribution in [0, 0.1) is 6.92 Å². The molecule has 1 aliphatic heterocycles. The second-order valence-electron chi connectivity index (χ2n) is 5.71. The predicted octanol–water partition coefficient (Wildman–Crippen LogP) is 4.95. The van der Waals surface area contributed by atoms with E-state index in [2.05, 4.69) is 10.3 Å². The Morgan fingerprint density at radius 2 is 2.07 bits per heavy atom. The molecule has 1 aliphatic rings. The van der Waals surface area contributed by atoms with Crippen LogP contribution in [0.5, 0.6) is 11.5 Å². The van der Waals surface area contributed by atoms with Crippen molar-refractivity contribution in [2.24, 2.45) is 4.99 Å². The van der Waals surface area contributed by atoms with Crippen LogP contribution in [0.2, 0.25) is 5.02 Å². The van der Waals surface area contributed by atoms with Crippen LogP contribution in [0.15, 0.2) is 46.3 Å². The van der Waals surface area contributed by atoms with Crippen LogP contribution in [0.1, 0.15) is 18.1 Å². The van der Waals surface area contributed by atoms with Crippen molar-refractivity contribution in [3.8, 4) is 11.5 Å². The highest BCUT2D eigenvalue weighted by Gasteiger charge is 2.24. The number of methoxy groups -OCH3 is 1. The first-order valence-corrected chi connectivity index (χ1v) is 9.56. The predicted molar refractivity (Wildman–Crippen MR) is 111 cm³/mol. The molecule has 140 valence electrons. The number of carbonyl (C=O) groups is 1. The molecule has 0 atom stereocenters. The summed E-state index contributed by atoms with van der Waals surface area (Å²) in [5.74, 6) is 1.11. The number of rotatable bonds is 5. The first kappa shape index (κ1) is 19.3. The zero-order valence-corrected chi connectivity index (χ0v) is 16.8. The molecule has 0 spiro atoms. The second kappa shape index (κ2) is 8.50. The Morgan fingerprint density at radius 3 is 2.81 bits per heavy atom. The zero-order chi connectivity index (χ0) is 19.4. The van der Waals surface area contributed by atoms with E-state index in [1.807, 2.05) is 50.2 Å². The summed E-state index contributed by atoms with van der Waals surface area (Å²) in [5.41, 5.74) is 2.44. The van der Waals surface area contributed by atoms with Gasteiger partial charge in [0.1, 0.15) is 0 Å². The number of halogens is 1. The molecule has 0 radical (unpaired) electrons. The van der Waals surface area contributed by atoms with E-state index in [1.165, 1.54) is 11.8 Å². The molecule has 0 saturated carbocycles.